The maximum atomic E-state index is 14.3. The van der Waals surface area contributed by atoms with E-state index >= 15 is 0 Å². The Hall–Kier alpha value is -3.36. The van der Waals surface area contributed by atoms with Crippen molar-refractivity contribution in [3.8, 4) is 11.1 Å². The Balaban J connectivity index is 1.70. The lowest BCUT2D eigenvalue weighted by molar-refractivity contribution is 0.0699. The highest BCUT2D eigenvalue weighted by Crippen LogP contribution is 2.37. The van der Waals surface area contributed by atoms with E-state index in [2.05, 4.69) is 15.3 Å². The predicted molar refractivity (Wildman–Crippen MR) is 109 cm³/mol. The molecule has 2 aromatic heterocycles. The molecule has 2 aromatic carbocycles. The summed E-state index contributed by atoms with van der Waals surface area (Å²) in [6.45, 7) is 0. The second-order valence-corrected chi connectivity index (χ2v) is 7.30. The molecule has 0 spiro atoms. The average molecular weight is 428 g/mol. The minimum Gasteiger partial charge on any atom is -0.478 e. The number of fused-ring (bicyclic) bond motifs is 1. The molecule has 0 unspecified atom stereocenters. The molecule has 9 heteroatoms. The summed E-state index contributed by atoms with van der Waals surface area (Å²) in [6, 6.07) is 11.0. The molecular weight excluding hydrogens is 417 g/mol. The van der Waals surface area contributed by atoms with Gasteiger partial charge in [-0.15, -0.1) is 11.3 Å². The number of thiophene rings is 1. The smallest absolute Gasteiger partial charge is 0.339 e. The van der Waals surface area contributed by atoms with Crippen LogP contribution < -0.4 is 5.32 Å². The van der Waals surface area contributed by atoms with Gasteiger partial charge in [0.15, 0.2) is 0 Å². The number of nitrogens with one attached hydrogen (secondary N) is 1. The molecule has 0 radical (unpaired) electrons. The minimum atomic E-state index is -1.30. The summed E-state index contributed by atoms with van der Waals surface area (Å²) in [5, 5.41) is 13.9. The minimum absolute atomic E-state index is 0.0349. The molecule has 6 nitrogen and oxygen atoms in total. The number of carbonyl (C=O) groups is 2. The Morgan fingerprint density at radius 3 is 2.59 bits per heavy atom. The van der Waals surface area contributed by atoms with Crippen LogP contribution in [0, 0.1) is 5.82 Å². The summed E-state index contributed by atoms with van der Waals surface area (Å²) in [4.78, 5) is 32.8. The quantitative estimate of drug-likeness (QED) is 0.472. The van der Waals surface area contributed by atoms with E-state index in [1.165, 1.54) is 23.7 Å². The van der Waals surface area contributed by atoms with Crippen LogP contribution in [-0.2, 0) is 0 Å². The number of amides is 1. The Morgan fingerprint density at radius 1 is 1.10 bits per heavy atom. The van der Waals surface area contributed by atoms with Gasteiger partial charge in [0.25, 0.3) is 5.91 Å². The summed E-state index contributed by atoms with van der Waals surface area (Å²) in [7, 11) is 0. The largest absolute Gasteiger partial charge is 0.478 e. The van der Waals surface area contributed by atoms with Crippen LogP contribution in [0.1, 0.15) is 20.8 Å². The van der Waals surface area contributed by atoms with Crippen LogP contribution in [0.2, 0.25) is 5.02 Å². The van der Waals surface area contributed by atoms with Crippen molar-refractivity contribution < 1.29 is 19.1 Å². The van der Waals surface area contributed by atoms with Crippen molar-refractivity contribution >= 4 is 50.8 Å². The summed E-state index contributed by atoms with van der Waals surface area (Å²) in [5.74, 6) is -2.57. The first-order chi connectivity index (χ1) is 13.9. The fourth-order valence-corrected chi connectivity index (χ4v) is 3.91. The van der Waals surface area contributed by atoms with Gasteiger partial charge in [-0.1, -0.05) is 23.7 Å². The number of para-hydroxylation sites is 2. The molecule has 0 bridgehead atoms. The molecule has 0 aliphatic rings. The zero-order valence-electron chi connectivity index (χ0n) is 14.5. The van der Waals surface area contributed by atoms with Crippen molar-refractivity contribution in [3.05, 3.63) is 76.1 Å². The predicted octanol–water partition coefficient (Wildman–Crippen LogP) is 5.10. The second-order valence-electron chi connectivity index (χ2n) is 5.98. The lowest BCUT2D eigenvalue weighted by Crippen LogP contribution is -2.15. The molecule has 0 atom stereocenters. The van der Waals surface area contributed by atoms with Gasteiger partial charge in [-0.2, -0.15) is 0 Å². The van der Waals surface area contributed by atoms with Gasteiger partial charge < -0.3 is 10.4 Å². The first-order valence-electron chi connectivity index (χ1n) is 8.27. The zero-order chi connectivity index (χ0) is 20.5. The van der Waals surface area contributed by atoms with Gasteiger partial charge in [-0.05, 0) is 30.3 Å². The molecule has 2 N–H and O–H groups in total. The van der Waals surface area contributed by atoms with Crippen molar-refractivity contribution in [3.63, 3.8) is 0 Å². The fraction of sp³-hybridized carbons (Fsp3) is 0. The van der Waals surface area contributed by atoms with Crippen molar-refractivity contribution in [1.82, 2.24) is 9.97 Å². The highest BCUT2D eigenvalue weighted by atomic mass is 35.5. The molecule has 0 saturated heterocycles. The standard InChI is InChI=1S/C20H11ClFN3O3S/c21-10-5-6-11(13(22)7-10)12-9-29-19(17(12)20(27)28)25-18(26)16-8-23-14-3-1-2-4-15(14)24-16/h1-9H,(H,25,26)(H,27,28). The van der Waals surface area contributed by atoms with E-state index in [0.717, 1.165) is 17.4 Å². The number of anilines is 1. The molecule has 0 aliphatic carbocycles. The third kappa shape index (κ3) is 3.67. The SMILES string of the molecule is O=C(Nc1scc(-c2ccc(Cl)cc2F)c1C(=O)O)c1cnc2ccccc2n1. The normalized spacial score (nSPS) is 10.8. The molecule has 29 heavy (non-hydrogen) atoms. The van der Waals surface area contributed by atoms with Gasteiger partial charge in [0, 0.05) is 21.5 Å². The van der Waals surface area contributed by atoms with Gasteiger partial charge in [-0.3, -0.25) is 9.78 Å². The molecular formula is C20H11ClFN3O3S. The molecule has 4 rings (SSSR count). The van der Waals surface area contributed by atoms with Crippen LogP contribution >= 0.6 is 22.9 Å². The van der Waals surface area contributed by atoms with E-state index in [0.29, 0.717) is 11.0 Å². The number of benzene rings is 2. The van der Waals surface area contributed by atoms with E-state index in [4.69, 9.17) is 11.6 Å². The number of carboxylic acid groups (broad SMARTS) is 1. The number of hydrogen-bond acceptors (Lipinski definition) is 5. The molecule has 2 heterocycles. The van der Waals surface area contributed by atoms with E-state index in [-0.39, 0.29) is 32.4 Å². The van der Waals surface area contributed by atoms with Gasteiger partial charge >= 0.3 is 5.97 Å². The van der Waals surface area contributed by atoms with E-state index in [1.807, 2.05) is 0 Å². The molecule has 4 aromatic rings. The number of halogens is 2. The highest BCUT2D eigenvalue weighted by molar-refractivity contribution is 7.15. The van der Waals surface area contributed by atoms with Gasteiger partial charge in [0.05, 0.1) is 17.2 Å². The molecule has 0 fully saturated rings. The van der Waals surface area contributed by atoms with Crippen LogP contribution in [0.3, 0.4) is 0 Å². The Kier molecular flexibility index (Phi) is 4.96. The highest BCUT2D eigenvalue weighted by Gasteiger charge is 2.23. The molecule has 144 valence electrons. The first kappa shape index (κ1) is 19.0. The van der Waals surface area contributed by atoms with Crippen molar-refractivity contribution in [1.29, 1.82) is 0 Å². The monoisotopic (exact) mass is 427 g/mol. The van der Waals surface area contributed by atoms with Gasteiger partial charge in [0.1, 0.15) is 22.1 Å². The number of carboxylic acids is 1. The van der Waals surface area contributed by atoms with Crippen LogP contribution in [-0.4, -0.2) is 27.0 Å². The zero-order valence-corrected chi connectivity index (χ0v) is 16.1. The molecule has 1 amide bonds. The topological polar surface area (TPSA) is 92.2 Å². The number of nitrogens with zero attached hydrogens (tertiary/aromatic N) is 2. The number of rotatable bonds is 4. The maximum absolute atomic E-state index is 14.3. The lowest BCUT2D eigenvalue weighted by atomic mass is 10.0. The summed E-state index contributed by atoms with van der Waals surface area (Å²) >= 11 is 6.74. The first-order valence-corrected chi connectivity index (χ1v) is 9.53. The van der Waals surface area contributed by atoms with Crippen LogP contribution in [0.5, 0.6) is 0 Å². The third-order valence-electron chi connectivity index (χ3n) is 4.13. The number of aromatic nitrogens is 2. The Bertz CT molecular complexity index is 1280. The van der Waals surface area contributed by atoms with Crippen molar-refractivity contribution in [2.75, 3.05) is 5.32 Å². The lowest BCUT2D eigenvalue weighted by Gasteiger charge is -2.07. The van der Waals surface area contributed by atoms with Crippen LogP contribution in [0.4, 0.5) is 9.39 Å². The van der Waals surface area contributed by atoms with Gasteiger partial charge in [0.2, 0.25) is 0 Å². The number of aromatic carboxylic acids is 1. The maximum Gasteiger partial charge on any atom is 0.339 e. The summed E-state index contributed by atoms with van der Waals surface area (Å²) in [6.07, 6.45) is 1.31. The Labute approximate surface area is 172 Å². The third-order valence-corrected chi connectivity index (χ3v) is 5.26. The van der Waals surface area contributed by atoms with E-state index in [9.17, 15) is 19.1 Å². The van der Waals surface area contributed by atoms with Crippen LogP contribution in [0.15, 0.2) is 54.0 Å². The fourth-order valence-electron chi connectivity index (χ4n) is 2.80. The summed E-state index contributed by atoms with van der Waals surface area (Å²) < 4.78 is 14.3. The van der Waals surface area contributed by atoms with Crippen molar-refractivity contribution in [2.45, 2.75) is 0 Å². The van der Waals surface area contributed by atoms with Crippen molar-refractivity contribution in [2.24, 2.45) is 0 Å². The molecule has 0 saturated carbocycles. The summed E-state index contributed by atoms with van der Waals surface area (Å²) in [5.41, 5.74) is 1.22. The second kappa shape index (κ2) is 7.57. The van der Waals surface area contributed by atoms with Crippen LogP contribution in [0.25, 0.3) is 22.2 Å². The van der Waals surface area contributed by atoms with Gasteiger partial charge in [-0.25, -0.2) is 14.2 Å². The number of carbonyl (C=O) groups excluding carboxylic acids is 1. The Morgan fingerprint density at radius 2 is 1.86 bits per heavy atom. The molecule has 0 aliphatic heterocycles. The average Bonchev–Trinajstić information content (AvgIpc) is 3.11. The number of hydrogen-bond donors (Lipinski definition) is 2. The van der Waals surface area contributed by atoms with E-state index in [1.54, 1.807) is 24.3 Å². The van der Waals surface area contributed by atoms with E-state index < -0.39 is 17.7 Å².